The van der Waals surface area contributed by atoms with E-state index in [-0.39, 0.29) is 30.7 Å². The fourth-order valence-electron chi connectivity index (χ4n) is 2.92. The molecule has 2 rings (SSSR count). The first-order valence-corrected chi connectivity index (χ1v) is 11.7. The van der Waals surface area contributed by atoms with Crippen LogP contribution in [0.3, 0.4) is 0 Å². The fourth-order valence-corrected chi connectivity index (χ4v) is 4.13. The number of carbonyl (C=O) groups excluding carboxylic acids is 2. The van der Waals surface area contributed by atoms with E-state index in [4.69, 9.17) is 34.8 Å². The lowest BCUT2D eigenvalue weighted by atomic mass is 9.96. The Morgan fingerprint density at radius 1 is 0.972 bits per heavy atom. The summed E-state index contributed by atoms with van der Waals surface area (Å²) in [5.41, 5.74) is -0.799. The van der Waals surface area contributed by atoms with Crippen molar-refractivity contribution >= 4 is 68.3 Å². The number of rotatable bonds is 8. The molecule has 0 fully saturated rings. The van der Waals surface area contributed by atoms with E-state index in [2.05, 4.69) is 15.9 Å². The Balaban J connectivity index is 2.23. The lowest BCUT2D eigenvalue weighted by molar-refractivity contribution is -0.139. The topological polar surface area (TPSA) is 46.2 Å². The number of carbonyl (C=O) groups is 2. The smallest absolute Gasteiger partial charge is 0.347 e. The van der Waals surface area contributed by atoms with Crippen LogP contribution in [-0.4, -0.2) is 30.6 Å². The number of allylic oxidation sites excluding steroid dienone is 1. The van der Waals surface area contributed by atoms with E-state index < -0.39 is 60.7 Å². The largest absolute Gasteiger partial charge is 0.405 e. The summed E-state index contributed by atoms with van der Waals surface area (Å²) in [4.78, 5) is 23.8. The number of hydrogen-bond donors (Lipinski definition) is 1. The molecule has 0 aromatic heterocycles. The molecular formula is C22H14BrCl3F7NO2. The summed E-state index contributed by atoms with van der Waals surface area (Å²) < 4.78 is 92.3. The first kappa shape index (κ1) is 30.4. The Morgan fingerprint density at radius 2 is 1.56 bits per heavy atom. The predicted molar refractivity (Wildman–Crippen MR) is 126 cm³/mol. The molecule has 1 N–H and O–H groups in total. The molecule has 1 unspecified atom stereocenters. The molecule has 2 aromatic carbocycles. The number of Topliss-reactive ketones (excluding diaryl/α,β-unsaturated/α-hetero) is 1. The van der Waals surface area contributed by atoms with Crippen molar-refractivity contribution in [2.24, 2.45) is 0 Å². The second-order valence-electron chi connectivity index (χ2n) is 7.34. The normalized spacial score (nSPS) is 13.5. The zero-order valence-electron chi connectivity index (χ0n) is 17.6. The van der Waals surface area contributed by atoms with Crippen LogP contribution in [0.15, 0.2) is 40.9 Å². The minimum Gasteiger partial charge on any atom is -0.347 e. The molecule has 3 nitrogen and oxygen atoms in total. The molecule has 2 aromatic rings. The van der Waals surface area contributed by atoms with Crippen LogP contribution in [0.5, 0.6) is 0 Å². The first-order valence-electron chi connectivity index (χ1n) is 9.74. The molecule has 0 saturated carbocycles. The molecule has 196 valence electrons. The zero-order chi connectivity index (χ0) is 27.4. The monoisotopic (exact) mass is 641 g/mol. The second-order valence-corrected chi connectivity index (χ2v) is 9.39. The molecule has 1 atom stereocenters. The molecule has 0 radical (unpaired) electrons. The SMILES string of the molecule is O=C(CCC(=O)c1ccc(/C(F)=C/C(c2cc(Cl)c(Cl)c(Cl)c2)C(F)(F)F)cc1Br)NCC(F)(F)F. The van der Waals surface area contributed by atoms with Gasteiger partial charge in [0, 0.05) is 28.4 Å². The van der Waals surface area contributed by atoms with Crippen LogP contribution in [0.4, 0.5) is 30.7 Å². The zero-order valence-corrected chi connectivity index (χ0v) is 21.5. The van der Waals surface area contributed by atoms with E-state index in [1.54, 1.807) is 5.32 Å². The molecule has 36 heavy (non-hydrogen) atoms. The molecule has 0 aliphatic rings. The number of alkyl halides is 6. The van der Waals surface area contributed by atoms with Crippen LogP contribution < -0.4 is 5.32 Å². The highest BCUT2D eigenvalue weighted by molar-refractivity contribution is 9.10. The van der Waals surface area contributed by atoms with Gasteiger partial charge in [-0.15, -0.1) is 0 Å². The number of halogens is 11. The molecule has 14 heteroatoms. The van der Waals surface area contributed by atoms with E-state index in [0.717, 1.165) is 30.3 Å². The lowest BCUT2D eigenvalue weighted by Crippen LogP contribution is -2.33. The maximum absolute atomic E-state index is 14.8. The van der Waals surface area contributed by atoms with E-state index >= 15 is 0 Å². The van der Waals surface area contributed by atoms with Crippen LogP contribution in [0.1, 0.15) is 40.2 Å². The van der Waals surface area contributed by atoms with Gasteiger partial charge in [-0.3, -0.25) is 9.59 Å². The number of nitrogens with one attached hydrogen (secondary N) is 1. The van der Waals surface area contributed by atoms with E-state index in [1.807, 2.05) is 0 Å². The van der Waals surface area contributed by atoms with Crippen LogP contribution in [-0.2, 0) is 4.79 Å². The van der Waals surface area contributed by atoms with E-state index in [9.17, 15) is 40.3 Å². The highest BCUT2D eigenvalue weighted by Gasteiger charge is 2.40. The minimum atomic E-state index is -4.92. The van der Waals surface area contributed by atoms with E-state index in [0.29, 0.717) is 6.08 Å². The molecular weight excluding hydrogens is 629 g/mol. The fraction of sp³-hybridized carbons (Fsp3) is 0.273. The molecule has 0 bridgehead atoms. The molecule has 0 aliphatic heterocycles. The van der Waals surface area contributed by atoms with Crippen molar-refractivity contribution in [2.45, 2.75) is 31.1 Å². The Kier molecular flexibility index (Phi) is 10.3. The van der Waals surface area contributed by atoms with Crippen LogP contribution in [0.2, 0.25) is 15.1 Å². The van der Waals surface area contributed by atoms with Gasteiger partial charge >= 0.3 is 12.4 Å². The third-order valence-electron chi connectivity index (χ3n) is 4.64. The first-order chi connectivity index (χ1) is 16.5. The maximum Gasteiger partial charge on any atom is 0.405 e. The minimum absolute atomic E-state index is 0.00499. The predicted octanol–water partition coefficient (Wildman–Crippen LogP) is 8.71. The van der Waals surface area contributed by atoms with Crippen molar-refractivity contribution in [3.05, 3.63) is 72.6 Å². The summed E-state index contributed by atoms with van der Waals surface area (Å²) in [6, 6.07) is 5.04. The van der Waals surface area contributed by atoms with Crippen molar-refractivity contribution in [2.75, 3.05) is 6.54 Å². The van der Waals surface area contributed by atoms with Gasteiger partial charge in [0.2, 0.25) is 5.91 Å². The summed E-state index contributed by atoms with van der Waals surface area (Å²) in [7, 11) is 0. The van der Waals surface area contributed by atoms with Crippen molar-refractivity contribution < 1.29 is 40.3 Å². The Hall–Kier alpha value is -1.82. The summed E-state index contributed by atoms with van der Waals surface area (Å²) in [5, 5.41) is 0.963. The molecule has 0 heterocycles. The average molecular weight is 644 g/mol. The standard InChI is InChI=1S/C22H14BrCl3F7NO2/c23-14-5-10(1-2-12(14)18(35)3-4-19(36)34-9-21(28,29)30)17(27)8-13(22(31,32)33)11-6-15(24)20(26)16(25)7-11/h1-2,5-8,13H,3-4,9H2,(H,34,36)/b17-8-. The van der Waals surface area contributed by atoms with E-state index in [1.165, 1.54) is 0 Å². The highest BCUT2D eigenvalue weighted by atomic mass is 79.9. The van der Waals surface area contributed by atoms with Gasteiger partial charge in [-0.2, -0.15) is 26.3 Å². The third kappa shape index (κ3) is 8.64. The van der Waals surface area contributed by atoms with Crippen LogP contribution >= 0.6 is 50.7 Å². The molecule has 1 amide bonds. The van der Waals surface area contributed by atoms with Gasteiger partial charge in [-0.25, -0.2) is 4.39 Å². The number of ketones is 1. The summed E-state index contributed by atoms with van der Waals surface area (Å²) in [5.74, 6) is -5.35. The van der Waals surface area contributed by atoms with Gasteiger partial charge in [-0.1, -0.05) is 56.8 Å². The lowest BCUT2D eigenvalue weighted by Gasteiger charge is -2.19. The van der Waals surface area contributed by atoms with Crippen LogP contribution in [0.25, 0.3) is 5.83 Å². The number of benzene rings is 2. The summed E-state index contributed by atoms with van der Waals surface area (Å²) in [6.45, 7) is -1.54. The van der Waals surface area contributed by atoms with Gasteiger partial charge < -0.3 is 5.32 Å². The Morgan fingerprint density at radius 3 is 2.06 bits per heavy atom. The number of hydrogen-bond acceptors (Lipinski definition) is 2. The average Bonchev–Trinajstić information content (AvgIpc) is 2.76. The van der Waals surface area contributed by atoms with Gasteiger partial charge in [0.25, 0.3) is 0 Å². The van der Waals surface area contributed by atoms with Crippen LogP contribution in [0, 0.1) is 0 Å². The Bertz CT molecular complexity index is 1160. The van der Waals surface area contributed by atoms with Crippen molar-refractivity contribution in [3.63, 3.8) is 0 Å². The van der Waals surface area contributed by atoms with Gasteiger partial charge in [0.1, 0.15) is 18.3 Å². The second kappa shape index (κ2) is 12.1. The van der Waals surface area contributed by atoms with Gasteiger partial charge in [-0.05, 0) is 35.9 Å². The van der Waals surface area contributed by atoms with Gasteiger partial charge in [0.05, 0.1) is 15.1 Å². The summed E-state index contributed by atoms with van der Waals surface area (Å²) >= 11 is 20.4. The third-order valence-corrected chi connectivity index (χ3v) is 6.49. The molecule has 0 saturated heterocycles. The molecule has 0 aliphatic carbocycles. The van der Waals surface area contributed by atoms with Gasteiger partial charge in [0.15, 0.2) is 5.78 Å². The quantitative estimate of drug-likeness (QED) is 0.178. The molecule has 0 spiro atoms. The summed E-state index contributed by atoms with van der Waals surface area (Å²) in [6.07, 6.45) is -10.2. The van der Waals surface area contributed by atoms with Crippen molar-refractivity contribution in [3.8, 4) is 0 Å². The maximum atomic E-state index is 14.8. The highest BCUT2D eigenvalue weighted by Crippen LogP contribution is 2.42. The van der Waals surface area contributed by atoms with Crippen molar-refractivity contribution in [1.29, 1.82) is 0 Å². The van der Waals surface area contributed by atoms with Crippen molar-refractivity contribution in [1.82, 2.24) is 5.32 Å². The number of amides is 1. The Labute approximate surface area is 223 Å².